The lowest BCUT2D eigenvalue weighted by atomic mass is 10.1. The lowest BCUT2D eigenvalue weighted by molar-refractivity contribution is -0.118. The molecule has 6 nitrogen and oxygen atoms in total. The number of hydrogen-bond acceptors (Lipinski definition) is 6. The number of aromatic nitrogens is 2. The van der Waals surface area contributed by atoms with Crippen molar-refractivity contribution in [2.45, 2.75) is 32.2 Å². The fourth-order valence-electron chi connectivity index (χ4n) is 2.28. The first-order valence-electron chi connectivity index (χ1n) is 8.56. The summed E-state index contributed by atoms with van der Waals surface area (Å²) in [4.78, 5) is 11.9. The number of benzene rings is 2. The number of ether oxygens (including phenoxy) is 1. The van der Waals surface area contributed by atoms with Crippen LogP contribution in [-0.4, -0.2) is 21.9 Å². The molecule has 1 amide bonds. The van der Waals surface area contributed by atoms with Gasteiger partial charge in [0.2, 0.25) is 5.91 Å². The van der Waals surface area contributed by atoms with Crippen molar-refractivity contribution in [3.05, 3.63) is 71.1 Å². The molecule has 0 saturated carbocycles. The van der Waals surface area contributed by atoms with Crippen LogP contribution in [0.5, 0.6) is 5.75 Å². The first kappa shape index (κ1) is 19.0. The summed E-state index contributed by atoms with van der Waals surface area (Å²) in [5.74, 6) is 1.26. The summed E-state index contributed by atoms with van der Waals surface area (Å²) in [5, 5.41) is 11.1. The molecule has 0 aliphatic carbocycles. The quantitative estimate of drug-likeness (QED) is 0.598. The fraction of sp³-hybridized carbons (Fsp3) is 0.250. The van der Waals surface area contributed by atoms with E-state index in [0.717, 1.165) is 16.9 Å². The van der Waals surface area contributed by atoms with Crippen LogP contribution in [0.2, 0.25) is 0 Å². The van der Waals surface area contributed by atoms with Crippen LogP contribution in [0, 0.1) is 13.8 Å². The Morgan fingerprint density at radius 3 is 2.70 bits per heavy atom. The smallest absolute Gasteiger partial charge is 0.277 e. The summed E-state index contributed by atoms with van der Waals surface area (Å²) in [6.45, 7) is 4.78. The molecule has 0 bridgehead atoms. The molecule has 0 aliphatic rings. The number of thioether (sulfide) groups is 1. The number of rotatable bonds is 8. The molecule has 0 saturated heterocycles. The summed E-state index contributed by atoms with van der Waals surface area (Å²) in [6, 6.07) is 15.6. The monoisotopic (exact) mass is 383 g/mol. The normalized spacial score (nSPS) is 10.6. The molecule has 140 valence electrons. The van der Waals surface area contributed by atoms with Crippen LogP contribution >= 0.6 is 11.8 Å². The Hall–Kier alpha value is -2.80. The van der Waals surface area contributed by atoms with E-state index in [2.05, 4.69) is 22.4 Å². The molecule has 27 heavy (non-hydrogen) atoms. The topological polar surface area (TPSA) is 77.2 Å². The Balaban J connectivity index is 1.42. The van der Waals surface area contributed by atoms with Crippen LogP contribution in [0.15, 0.2) is 58.2 Å². The molecule has 3 rings (SSSR count). The van der Waals surface area contributed by atoms with Gasteiger partial charge in [-0.05, 0) is 42.7 Å². The summed E-state index contributed by atoms with van der Waals surface area (Å²) >= 11 is 1.20. The number of amides is 1. The fourth-order valence-corrected chi connectivity index (χ4v) is 2.89. The number of aryl methyl sites for hydroxylation is 2. The highest BCUT2D eigenvalue weighted by atomic mass is 32.2. The van der Waals surface area contributed by atoms with Crippen molar-refractivity contribution in [3.8, 4) is 5.75 Å². The first-order valence-corrected chi connectivity index (χ1v) is 9.54. The highest BCUT2D eigenvalue weighted by molar-refractivity contribution is 7.99. The van der Waals surface area contributed by atoms with Gasteiger partial charge in [-0.3, -0.25) is 4.79 Å². The van der Waals surface area contributed by atoms with E-state index < -0.39 is 0 Å². The molecule has 0 fully saturated rings. The van der Waals surface area contributed by atoms with Crippen LogP contribution in [0.1, 0.15) is 22.6 Å². The van der Waals surface area contributed by atoms with Gasteiger partial charge < -0.3 is 14.5 Å². The summed E-state index contributed by atoms with van der Waals surface area (Å²) in [5.41, 5.74) is 3.43. The van der Waals surface area contributed by atoms with Gasteiger partial charge in [0.25, 0.3) is 11.1 Å². The maximum atomic E-state index is 11.9. The van der Waals surface area contributed by atoms with Crippen molar-refractivity contribution in [1.29, 1.82) is 0 Å². The second kappa shape index (κ2) is 9.23. The Morgan fingerprint density at radius 2 is 1.93 bits per heavy atom. The SMILES string of the molecule is Cc1ccc(OCc2nnc(SCC(=O)NCc3ccccc3)o2)cc1C. The molecule has 1 aromatic heterocycles. The highest BCUT2D eigenvalue weighted by Crippen LogP contribution is 2.19. The van der Waals surface area contributed by atoms with E-state index in [1.807, 2.05) is 55.5 Å². The van der Waals surface area contributed by atoms with E-state index in [1.54, 1.807) is 0 Å². The molecule has 3 aromatic rings. The number of nitrogens with one attached hydrogen (secondary N) is 1. The molecule has 0 unspecified atom stereocenters. The van der Waals surface area contributed by atoms with Crippen molar-refractivity contribution in [2.24, 2.45) is 0 Å². The predicted octanol–water partition coefficient (Wildman–Crippen LogP) is 3.67. The largest absolute Gasteiger partial charge is 0.484 e. The van der Waals surface area contributed by atoms with Crippen LogP contribution in [0.3, 0.4) is 0 Å². The second-order valence-electron chi connectivity index (χ2n) is 6.05. The van der Waals surface area contributed by atoms with E-state index in [4.69, 9.17) is 9.15 Å². The molecule has 1 N–H and O–H groups in total. The second-order valence-corrected chi connectivity index (χ2v) is 6.97. The zero-order chi connectivity index (χ0) is 19.1. The Bertz CT molecular complexity index is 896. The van der Waals surface area contributed by atoms with Crippen molar-refractivity contribution >= 4 is 17.7 Å². The third kappa shape index (κ3) is 5.86. The molecule has 1 heterocycles. The molecule has 0 spiro atoms. The van der Waals surface area contributed by atoms with E-state index in [1.165, 1.54) is 17.3 Å². The number of nitrogens with zero attached hydrogens (tertiary/aromatic N) is 2. The van der Waals surface area contributed by atoms with E-state index in [0.29, 0.717) is 17.7 Å². The van der Waals surface area contributed by atoms with Crippen LogP contribution in [0.4, 0.5) is 0 Å². The van der Waals surface area contributed by atoms with Gasteiger partial charge in [-0.25, -0.2) is 0 Å². The van der Waals surface area contributed by atoms with Gasteiger partial charge in [-0.1, -0.05) is 48.2 Å². The highest BCUT2D eigenvalue weighted by Gasteiger charge is 2.10. The van der Waals surface area contributed by atoms with E-state index >= 15 is 0 Å². The van der Waals surface area contributed by atoms with E-state index in [-0.39, 0.29) is 18.3 Å². The summed E-state index contributed by atoms with van der Waals surface area (Å²) in [6.07, 6.45) is 0. The minimum Gasteiger partial charge on any atom is -0.484 e. The average Bonchev–Trinajstić information content (AvgIpc) is 3.14. The van der Waals surface area contributed by atoms with Crippen LogP contribution in [-0.2, 0) is 17.9 Å². The molecule has 0 aliphatic heterocycles. The van der Waals surface area contributed by atoms with Gasteiger partial charge in [0.15, 0.2) is 6.61 Å². The number of carbonyl (C=O) groups excluding carboxylic acids is 1. The van der Waals surface area contributed by atoms with Gasteiger partial charge in [0.05, 0.1) is 5.75 Å². The molecule has 0 radical (unpaired) electrons. The zero-order valence-electron chi connectivity index (χ0n) is 15.3. The standard InChI is InChI=1S/C20H21N3O3S/c1-14-8-9-17(10-15(14)2)25-12-19-22-23-20(26-19)27-13-18(24)21-11-16-6-4-3-5-7-16/h3-10H,11-13H2,1-2H3,(H,21,24). The van der Waals surface area contributed by atoms with Gasteiger partial charge >= 0.3 is 0 Å². The molecular weight excluding hydrogens is 362 g/mol. The number of carbonyl (C=O) groups is 1. The van der Waals surface area contributed by atoms with Crippen molar-refractivity contribution in [2.75, 3.05) is 5.75 Å². The van der Waals surface area contributed by atoms with Crippen molar-refractivity contribution in [1.82, 2.24) is 15.5 Å². The van der Waals surface area contributed by atoms with E-state index in [9.17, 15) is 4.79 Å². The molecule has 7 heteroatoms. The molecular formula is C20H21N3O3S. The molecule has 2 aromatic carbocycles. The maximum Gasteiger partial charge on any atom is 0.277 e. The van der Waals surface area contributed by atoms with Gasteiger partial charge in [0.1, 0.15) is 5.75 Å². The van der Waals surface area contributed by atoms with Gasteiger partial charge in [-0.15, -0.1) is 10.2 Å². The summed E-state index contributed by atoms with van der Waals surface area (Å²) < 4.78 is 11.2. The van der Waals surface area contributed by atoms with Crippen LogP contribution in [0.25, 0.3) is 0 Å². The van der Waals surface area contributed by atoms with Gasteiger partial charge in [-0.2, -0.15) is 0 Å². The van der Waals surface area contributed by atoms with Crippen molar-refractivity contribution < 1.29 is 13.9 Å². The Labute approximate surface area is 162 Å². The lowest BCUT2D eigenvalue weighted by Crippen LogP contribution is -2.24. The predicted molar refractivity (Wildman–Crippen MR) is 104 cm³/mol. The Morgan fingerprint density at radius 1 is 1.11 bits per heavy atom. The molecule has 0 atom stereocenters. The minimum absolute atomic E-state index is 0.0880. The average molecular weight is 383 g/mol. The zero-order valence-corrected chi connectivity index (χ0v) is 16.1. The van der Waals surface area contributed by atoms with Crippen molar-refractivity contribution in [3.63, 3.8) is 0 Å². The van der Waals surface area contributed by atoms with Crippen LogP contribution < -0.4 is 10.1 Å². The third-order valence-electron chi connectivity index (χ3n) is 3.95. The summed E-state index contributed by atoms with van der Waals surface area (Å²) in [7, 11) is 0. The third-order valence-corrected chi connectivity index (χ3v) is 4.77. The lowest BCUT2D eigenvalue weighted by Gasteiger charge is -2.06. The number of hydrogen-bond donors (Lipinski definition) is 1. The minimum atomic E-state index is -0.0880. The first-order chi connectivity index (χ1) is 13.1. The van der Waals surface area contributed by atoms with Gasteiger partial charge in [0, 0.05) is 6.54 Å². The Kier molecular flexibility index (Phi) is 6.49. The maximum absolute atomic E-state index is 11.9.